The average Bonchev–Trinajstić information content (AvgIpc) is 3.88. The van der Waals surface area contributed by atoms with E-state index in [0.717, 1.165) is 10.9 Å². The van der Waals surface area contributed by atoms with E-state index in [1.807, 2.05) is 26.0 Å². The summed E-state index contributed by atoms with van der Waals surface area (Å²) in [5, 5.41) is 3.55. The predicted molar refractivity (Wildman–Crippen MR) is 276 cm³/mol. The number of oxazole rings is 1. The number of nitrogens with zero attached hydrogens (tertiary/aromatic N) is 2. The first-order valence-electron chi connectivity index (χ1n) is 24.5. The van der Waals surface area contributed by atoms with Gasteiger partial charge in [0.25, 0.3) is 5.91 Å². The first-order chi connectivity index (χ1) is 29.8. The van der Waals surface area contributed by atoms with Crippen molar-refractivity contribution in [3.63, 3.8) is 0 Å². The van der Waals surface area contributed by atoms with Gasteiger partial charge in [-0.3, -0.25) is 9.59 Å². The summed E-state index contributed by atoms with van der Waals surface area (Å²) in [6.07, 6.45) is 16.2. The molecular formula is C50H88BrN3O7Si2Sn. The maximum absolute atomic E-state index is 14.4. The molecule has 1 aliphatic rings. The Hall–Kier alpha value is -1.82. The molecule has 1 N–H and O–H groups in total. The molecule has 5 atom stereocenters. The van der Waals surface area contributed by atoms with Gasteiger partial charge >= 0.3 is 203 Å². The maximum atomic E-state index is 14.4. The van der Waals surface area contributed by atoms with Crippen molar-refractivity contribution < 1.29 is 32.8 Å². The molecule has 0 aromatic carbocycles. The molecule has 1 aromatic heterocycles. The molecule has 0 spiro atoms. The molecule has 0 aliphatic carbocycles. The number of carbonyl (C=O) groups excluding carboxylic acids is 4. The summed E-state index contributed by atoms with van der Waals surface area (Å²) >= 11 is 1.10. The number of rotatable bonds is 28. The summed E-state index contributed by atoms with van der Waals surface area (Å²) < 4.78 is 26.9. The van der Waals surface area contributed by atoms with Crippen molar-refractivity contribution in [1.29, 1.82) is 0 Å². The van der Waals surface area contributed by atoms with Crippen LogP contribution in [0, 0.1) is 11.8 Å². The zero-order valence-corrected chi connectivity index (χ0v) is 49.2. The summed E-state index contributed by atoms with van der Waals surface area (Å²) in [4.78, 5) is 61.4. The number of unbranched alkanes of at least 4 members (excludes halogenated alkanes) is 3. The number of Topliss-reactive ketones (excluding diaryl/α,β-unsaturated/α-hetero) is 1. The summed E-state index contributed by atoms with van der Waals surface area (Å²) in [6.45, 7) is 32.8. The van der Waals surface area contributed by atoms with Crippen LogP contribution in [0.5, 0.6) is 0 Å². The summed E-state index contributed by atoms with van der Waals surface area (Å²) in [5.74, 6) is -1.10. The Bertz CT molecular complexity index is 1720. The van der Waals surface area contributed by atoms with Crippen LogP contribution < -0.4 is 10.7 Å². The molecule has 0 bridgehead atoms. The normalized spacial score (nSPS) is 17.5. The second kappa shape index (κ2) is 27.2. The number of aromatic nitrogens is 1. The van der Waals surface area contributed by atoms with E-state index in [-0.39, 0.29) is 58.9 Å². The molecule has 2 heterocycles. The molecule has 0 unspecified atom stereocenters. The Balaban J connectivity index is 2.23. The molecule has 1 aromatic rings. The van der Waals surface area contributed by atoms with E-state index >= 15 is 0 Å². The number of likely N-dealkylation sites (tertiary alicyclic amines) is 1. The fraction of sp³-hybridized carbons (Fsp3) is 0.740. The first-order valence-corrected chi connectivity index (χ1v) is 39.4. The third-order valence-corrected chi connectivity index (χ3v) is 34.0. The van der Waals surface area contributed by atoms with Crippen LogP contribution in [-0.4, -0.2) is 99.6 Å². The first kappa shape index (κ1) is 58.3. The van der Waals surface area contributed by atoms with Crippen molar-refractivity contribution >= 4 is 79.6 Å². The topological polar surface area (TPSA) is 128 Å². The van der Waals surface area contributed by atoms with Gasteiger partial charge in [-0.15, -0.1) is 0 Å². The monoisotopic (exact) mass is 1100 g/mol. The predicted octanol–water partition coefficient (Wildman–Crippen LogP) is 12.2. The Morgan fingerprint density at radius 1 is 0.984 bits per heavy atom. The fourth-order valence-corrected chi connectivity index (χ4v) is 25.4. The third-order valence-electron chi connectivity index (χ3n) is 13.3. The molecule has 1 aliphatic heterocycles. The molecule has 2 rings (SSSR count). The van der Waals surface area contributed by atoms with Crippen LogP contribution in [0.15, 0.2) is 37.3 Å². The molecule has 1 fully saturated rings. The quantitative estimate of drug-likeness (QED) is 0.0499. The van der Waals surface area contributed by atoms with Crippen LogP contribution in [0.3, 0.4) is 0 Å². The zero-order valence-electron chi connectivity index (χ0n) is 42.7. The van der Waals surface area contributed by atoms with Gasteiger partial charge in [0.2, 0.25) is 5.89 Å². The second-order valence-electron chi connectivity index (χ2n) is 21.1. The van der Waals surface area contributed by atoms with E-state index in [9.17, 15) is 19.2 Å². The van der Waals surface area contributed by atoms with Gasteiger partial charge in [0.05, 0.1) is 12.5 Å². The minimum atomic E-state index is -2.43. The van der Waals surface area contributed by atoms with Gasteiger partial charge in [-0.05, 0) is 48.5 Å². The molecule has 2 amide bonds. The van der Waals surface area contributed by atoms with Crippen molar-refractivity contribution in [2.45, 2.75) is 209 Å². The van der Waals surface area contributed by atoms with Crippen LogP contribution in [0.4, 0.5) is 0 Å². The van der Waals surface area contributed by atoms with Crippen LogP contribution in [0.2, 0.25) is 51.1 Å². The van der Waals surface area contributed by atoms with Gasteiger partial charge in [-0.25, -0.2) is 4.98 Å². The van der Waals surface area contributed by atoms with E-state index in [4.69, 9.17) is 13.6 Å². The van der Waals surface area contributed by atoms with Gasteiger partial charge < -0.3 is 13.7 Å². The van der Waals surface area contributed by atoms with Crippen LogP contribution >= 0.6 is 15.9 Å². The Kier molecular flexibility index (Phi) is 24.8. The van der Waals surface area contributed by atoms with E-state index in [1.165, 1.54) is 51.8 Å². The van der Waals surface area contributed by atoms with E-state index in [1.54, 1.807) is 11.0 Å². The molecular weight excluding hydrogens is 1010 g/mol. The number of hydrogen-bond acceptors (Lipinski definition) is 8. The number of esters is 1. The number of ether oxygens (including phenoxy) is 1. The van der Waals surface area contributed by atoms with Gasteiger partial charge in [0.15, 0.2) is 14.0 Å². The van der Waals surface area contributed by atoms with Crippen molar-refractivity contribution in [1.82, 2.24) is 15.2 Å². The molecule has 364 valence electrons. The number of halogens is 1. The van der Waals surface area contributed by atoms with E-state index < -0.39 is 59.0 Å². The number of hydrogen-bond donors (Lipinski definition) is 1. The number of nitrogens with one attached hydrogen (secondary N) is 1. The standard InChI is InChI=1S/C38H61BrN3O7Si2.3C4H9.Sn/c1-14-20-40-31(44)19-18-26(4)34(25(3)15-2)48-36(46)30-17-16-21-42(30)35(45)33-37(50(9,10)11)47-32(41-33)24-28(43)23-29(22-27(5)39)49-51(12,13)38(6,7)8;3*1-3-4-2;/h1,14,18-19,22,25-26,29-30,34H,15-17,20-21,23-24H2,2-13H3,(H,40,44);3*1,3-4H2,2H3;/b14-1?,19-18+,27-22+;;;;/t25-,26-,29-,30-,34-;;;;/m1..../s1. The minimum absolute atomic E-state index is 0.0186. The van der Waals surface area contributed by atoms with Crippen LogP contribution in [0.25, 0.3) is 0 Å². The molecule has 14 heteroatoms. The van der Waals surface area contributed by atoms with E-state index in [0.29, 0.717) is 31.3 Å². The molecule has 1 saturated heterocycles. The molecule has 64 heavy (non-hydrogen) atoms. The fourth-order valence-electron chi connectivity index (χ4n) is 8.17. The SMILES string of the molecule is CCC[CH2][Sn](/[CH]=C/CNC(=O)/C=C/[C@@H](C)[C@H](OC(=O)[C@H]1CCCN1C(=O)c1nc(CC(=O)C[C@@H](/C=C(\C)Br)O[Si](C)(C)C(C)(C)C)oc1[Si](C)(C)C)[C@H](C)CC)([CH2]CCC)[CH2]CCC. The summed E-state index contributed by atoms with van der Waals surface area (Å²) in [6, 6.07) is -0.779. The van der Waals surface area contributed by atoms with Crippen molar-refractivity contribution in [3.8, 4) is 0 Å². The van der Waals surface area contributed by atoms with Gasteiger partial charge in [0, 0.05) is 13.0 Å². The number of allylic oxidation sites excluding steroid dienone is 1. The summed E-state index contributed by atoms with van der Waals surface area (Å²) in [5.41, 5.74) is 0.180. The third kappa shape index (κ3) is 18.7. The second-order valence-corrected chi connectivity index (χ2v) is 45.1. The number of ketones is 1. The summed E-state index contributed by atoms with van der Waals surface area (Å²) in [7, 11) is -4.46. The average molecular weight is 1100 g/mol. The van der Waals surface area contributed by atoms with Gasteiger partial charge in [0.1, 0.15) is 19.2 Å². The van der Waals surface area contributed by atoms with Crippen molar-refractivity contribution in [2.24, 2.45) is 11.8 Å². The van der Waals surface area contributed by atoms with Crippen LogP contribution in [-0.2, 0) is 30.0 Å². The number of carbonyl (C=O) groups is 4. The van der Waals surface area contributed by atoms with Crippen LogP contribution in [0.1, 0.15) is 150 Å². The van der Waals surface area contributed by atoms with E-state index in [2.05, 4.69) is 125 Å². The molecule has 10 nitrogen and oxygen atoms in total. The Labute approximate surface area is 403 Å². The molecule has 0 radical (unpaired) electrons. The number of amides is 2. The Morgan fingerprint density at radius 2 is 1.58 bits per heavy atom. The van der Waals surface area contributed by atoms with Gasteiger partial charge in [-0.2, -0.15) is 0 Å². The Morgan fingerprint density at radius 3 is 2.09 bits per heavy atom. The van der Waals surface area contributed by atoms with Crippen molar-refractivity contribution in [2.75, 3.05) is 13.1 Å². The molecule has 0 saturated carbocycles. The van der Waals surface area contributed by atoms with Crippen molar-refractivity contribution in [3.05, 3.63) is 44.5 Å². The van der Waals surface area contributed by atoms with Gasteiger partial charge in [-0.1, -0.05) is 56.3 Å². The zero-order chi connectivity index (χ0) is 48.5.